The van der Waals surface area contributed by atoms with Crippen LogP contribution in [-0.4, -0.2) is 24.6 Å². The molecule has 1 aromatic rings. The summed E-state index contributed by atoms with van der Waals surface area (Å²) in [6.07, 6.45) is 2.04. The Morgan fingerprint density at radius 1 is 1.50 bits per heavy atom. The molecule has 6 heteroatoms. The summed E-state index contributed by atoms with van der Waals surface area (Å²) in [6.45, 7) is -0.787. The fourth-order valence-corrected chi connectivity index (χ4v) is 1.24. The topological polar surface area (TPSA) is 59.9 Å². The van der Waals surface area contributed by atoms with E-state index in [1.54, 1.807) is 0 Å². The van der Waals surface area contributed by atoms with Gasteiger partial charge in [-0.15, -0.1) is 0 Å². The monoisotopic (exact) mass is 190 g/mol. The van der Waals surface area contributed by atoms with Crippen LogP contribution in [0.15, 0.2) is 17.4 Å². The fourth-order valence-electron chi connectivity index (χ4n) is 0.653. The van der Waals surface area contributed by atoms with Crippen molar-refractivity contribution in [3.63, 3.8) is 0 Å². The van der Waals surface area contributed by atoms with Gasteiger partial charge in [0, 0.05) is 6.26 Å². The van der Waals surface area contributed by atoms with Gasteiger partial charge in [0.15, 0.2) is 14.9 Å². The van der Waals surface area contributed by atoms with Crippen molar-refractivity contribution in [1.29, 1.82) is 0 Å². The highest BCUT2D eigenvalue weighted by Gasteiger charge is 2.09. The van der Waals surface area contributed by atoms with E-state index < -0.39 is 16.5 Å². The van der Waals surface area contributed by atoms with Crippen molar-refractivity contribution >= 4 is 9.84 Å². The summed E-state index contributed by atoms with van der Waals surface area (Å²) in [5.41, 5.74) is 0.0745. The van der Waals surface area contributed by atoms with Crippen molar-refractivity contribution in [2.24, 2.45) is 0 Å². The van der Waals surface area contributed by atoms with E-state index >= 15 is 0 Å². The van der Waals surface area contributed by atoms with Crippen molar-refractivity contribution in [2.75, 3.05) is 6.26 Å². The number of hydrogen-bond donors (Lipinski definition) is 0. The molecule has 0 saturated carbocycles. The van der Waals surface area contributed by atoms with Gasteiger partial charge in [-0.2, -0.15) is 0 Å². The van der Waals surface area contributed by atoms with E-state index in [1.165, 1.54) is 0 Å². The second-order valence-corrected chi connectivity index (χ2v) is 4.22. The first-order chi connectivity index (χ1) is 5.54. The van der Waals surface area contributed by atoms with Crippen molar-refractivity contribution in [2.45, 2.75) is 11.7 Å². The Kier molecular flexibility index (Phi) is 2.37. The second kappa shape index (κ2) is 3.14. The molecule has 0 aliphatic heterocycles. The minimum Gasteiger partial charge on any atom is -0.244 e. The largest absolute Gasteiger partial charge is 0.244 e. The fraction of sp³-hybridized carbons (Fsp3) is 0.333. The summed E-state index contributed by atoms with van der Waals surface area (Å²) in [5, 5.41) is -0.148. The predicted molar refractivity (Wildman–Crippen MR) is 40.0 cm³/mol. The van der Waals surface area contributed by atoms with E-state index in [2.05, 4.69) is 9.97 Å². The molecule has 1 heterocycles. The Morgan fingerprint density at radius 3 is 2.67 bits per heavy atom. The normalized spacial score (nSPS) is 11.5. The zero-order valence-electron chi connectivity index (χ0n) is 6.36. The molecule has 1 rings (SSSR count). The Bertz CT molecular complexity index is 377. The molecule has 0 aliphatic carbocycles. The van der Waals surface area contributed by atoms with Crippen molar-refractivity contribution < 1.29 is 12.8 Å². The molecule has 12 heavy (non-hydrogen) atoms. The van der Waals surface area contributed by atoms with Crippen LogP contribution in [0.1, 0.15) is 5.69 Å². The molecule has 0 spiro atoms. The summed E-state index contributed by atoms with van der Waals surface area (Å²) in [5.74, 6) is 0. The Labute approximate surface area is 69.4 Å². The molecule has 0 atom stereocenters. The Morgan fingerprint density at radius 2 is 2.17 bits per heavy atom. The molecule has 0 amide bonds. The molecule has 0 aromatic carbocycles. The van der Waals surface area contributed by atoms with Crippen LogP contribution in [0.4, 0.5) is 4.39 Å². The molecule has 1 aromatic heterocycles. The molecular formula is C6H7FN2O2S. The lowest BCUT2D eigenvalue weighted by molar-refractivity contribution is 0.473. The highest BCUT2D eigenvalue weighted by atomic mass is 32.2. The molecule has 4 nitrogen and oxygen atoms in total. The molecule has 0 N–H and O–H groups in total. The van der Waals surface area contributed by atoms with E-state index in [0.29, 0.717) is 0 Å². The number of halogens is 1. The number of alkyl halides is 1. The number of hydrogen-bond acceptors (Lipinski definition) is 4. The summed E-state index contributed by atoms with van der Waals surface area (Å²) in [6, 6.07) is 1.12. The quantitative estimate of drug-likeness (QED) is 0.631. The first kappa shape index (κ1) is 9.05. The lowest BCUT2D eigenvalue weighted by Gasteiger charge is -1.97. The van der Waals surface area contributed by atoms with E-state index in [1.807, 2.05) is 0 Å². The molecule has 0 unspecified atom stereocenters. The smallest absolute Gasteiger partial charge is 0.192 e. The molecular weight excluding hydrogens is 183 g/mol. The van der Waals surface area contributed by atoms with Crippen LogP contribution in [0.5, 0.6) is 0 Å². The van der Waals surface area contributed by atoms with Crippen molar-refractivity contribution in [3.8, 4) is 0 Å². The number of sulfone groups is 1. The van der Waals surface area contributed by atoms with Gasteiger partial charge in [0.25, 0.3) is 0 Å². The zero-order chi connectivity index (χ0) is 9.19. The van der Waals surface area contributed by atoms with Gasteiger partial charge in [-0.1, -0.05) is 0 Å². The molecule has 0 radical (unpaired) electrons. The Balaban J connectivity index is 3.20. The van der Waals surface area contributed by atoms with Gasteiger partial charge in [0.1, 0.15) is 13.0 Å². The Hall–Kier alpha value is -1.04. The molecule has 0 bridgehead atoms. The van der Waals surface area contributed by atoms with Crippen LogP contribution in [-0.2, 0) is 16.5 Å². The summed E-state index contributed by atoms with van der Waals surface area (Å²) >= 11 is 0. The van der Waals surface area contributed by atoms with Gasteiger partial charge in [-0.3, -0.25) is 0 Å². The SMILES string of the molecule is CS(=O)(=O)c1cc(CF)ncn1. The number of rotatable bonds is 2. The minimum absolute atomic E-state index is 0.0745. The number of aromatic nitrogens is 2. The highest BCUT2D eigenvalue weighted by molar-refractivity contribution is 7.90. The van der Waals surface area contributed by atoms with Gasteiger partial charge in [0.05, 0.1) is 5.69 Å². The third-order valence-electron chi connectivity index (χ3n) is 1.22. The first-order valence-corrected chi connectivity index (χ1v) is 5.00. The maximum absolute atomic E-state index is 12.0. The standard InChI is InChI=1S/C6H7FN2O2S/c1-12(10,11)6-2-5(3-7)8-4-9-6/h2,4H,3H2,1H3. The molecule has 0 aliphatic rings. The minimum atomic E-state index is -3.35. The first-order valence-electron chi connectivity index (χ1n) is 3.11. The summed E-state index contributed by atoms with van der Waals surface area (Å²) < 4.78 is 33.8. The maximum Gasteiger partial charge on any atom is 0.192 e. The second-order valence-electron chi connectivity index (χ2n) is 2.25. The maximum atomic E-state index is 12.0. The molecule has 0 fully saturated rings. The predicted octanol–water partition coefficient (Wildman–Crippen LogP) is 0.350. The van der Waals surface area contributed by atoms with Crippen LogP contribution >= 0.6 is 0 Å². The highest BCUT2D eigenvalue weighted by Crippen LogP contribution is 2.05. The van der Waals surface area contributed by atoms with Gasteiger partial charge >= 0.3 is 0 Å². The average molecular weight is 190 g/mol. The van der Waals surface area contributed by atoms with Gasteiger partial charge in [0.2, 0.25) is 0 Å². The average Bonchev–Trinajstić information content (AvgIpc) is 2.03. The van der Waals surface area contributed by atoms with Crippen molar-refractivity contribution in [3.05, 3.63) is 18.1 Å². The summed E-state index contributed by atoms with van der Waals surface area (Å²) in [4.78, 5) is 7.01. The van der Waals surface area contributed by atoms with Gasteiger partial charge < -0.3 is 0 Å². The molecule has 0 saturated heterocycles. The van der Waals surface area contributed by atoms with Crippen molar-refractivity contribution in [1.82, 2.24) is 9.97 Å². The van der Waals surface area contributed by atoms with E-state index in [4.69, 9.17) is 0 Å². The van der Waals surface area contributed by atoms with E-state index in [0.717, 1.165) is 18.6 Å². The zero-order valence-corrected chi connectivity index (χ0v) is 7.18. The van der Waals surface area contributed by atoms with Crippen LogP contribution < -0.4 is 0 Å². The van der Waals surface area contributed by atoms with E-state index in [-0.39, 0.29) is 10.7 Å². The third kappa shape index (κ3) is 1.97. The lowest BCUT2D eigenvalue weighted by Crippen LogP contribution is -2.02. The lowest BCUT2D eigenvalue weighted by atomic mass is 10.4. The summed E-state index contributed by atoms with van der Waals surface area (Å²) in [7, 11) is -3.35. The van der Waals surface area contributed by atoms with E-state index in [9.17, 15) is 12.8 Å². The van der Waals surface area contributed by atoms with Crippen LogP contribution in [0, 0.1) is 0 Å². The van der Waals surface area contributed by atoms with Crippen LogP contribution in [0.25, 0.3) is 0 Å². The van der Waals surface area contributed by atoms with Gasteiger partial charge in [-0.05, 0) is 6.07 Å². The molecule has 66 valence electrons. The van der Waals surface area contributed by atoms with Gasteiger partial charge in [-0.25, -0.2) is 22.8 Å². The van der Waals surface area contributed by atoms with Crippen LogP contribution in [0.3, 0.4) is 0 Å². The third-order valence-corrected chi connectivity index (χ3v) is 2.20. The number of nitrogens with zero attached hydrogens (tertiary/aromatic N) is 2. The van der Waals surface area contributed by atoms with Crippen LogP contribution in [0.2, 0.25) is 0 Å².